The first kappa shape index (κ1) is 15.6. The zero-order chi connectivity index (χ0) is 14.5. The number of carbonyl (C=O) groups excluding carboxylic acids is 1. The van der Waals surface area contributed by atoms with E-state index in [1.165, 1.54) is 7.11 Å². The van der Waals surface area contributed by atoms with Crippen molar-refractivity contribution in [1.29, 1.82) is 0 Å². The first-order valence-electron chi connectivity index (χ1n) is 5.83. The fourth-order valence-corrected chi connectivity index (χ4v) is 1.93. The van der Waals surface area contributed by atoms with Crippen molar-refractivity contribution in [2.24, 2.45) is 5.41 Å². The van der Waals surface area contributed by atoms with Gasteiger partial charge in [0.1, 0.15) is 12.9 Å². The summed E-state index contributed by atoms with van der Waals surface area (Å²) in [6.45, 7) is 6.38. The second-order valence-corrected chi connectivity index (χ2v) is 5.85. The Balaban J connectivity index is 2.88. The van der Waals surface area contributed by atoms with Crippen LogP contribution in [0.4, 0.5) is 0 Å². The topological polar surface area (TPSA) is 35.5 Å². The van der Waals surface area contributed by atoms with Gasteiger partial charge >= 0.3 is 0 Å². The van der Waals surface area contributed by atoms with Crippen molar-refractivity contribution >= 4 is 22.2 Å². The van der Waals surface area contributed by atoms with Crippen LogP contribution in [-0.4, -0.2) is 20.0 Å². The minimum atomic E-state index is -0.0495. The Morgan fingerprint density at radius 3 is 2.58 bits per heavy atom. The Bertz CT molecular complexity index is 519. The quantitative estimate of drug-likeness (QED) is 0.625. The van der Waals surface area contributed by atoms with E-state index in [1.807, 2.05) is 20.8 Å². The Kier molecular flexibility index (Phi) is 5.44. The number of rotatable bonds is 4. The van der Waals surface area contributed by atoms with Crippen LogP contribution in [0.1, 0.15) is 31.1 Å². The highest BCUT2D eigenvalue weighted by atomic mass is 79.9. The van der Waals surface area contributed by atoms with Gasteiger partial charge in [-0.2, -0.15) is 0 Å². The molecule has 19 heavy (non-hydrogen) atoms. The highest BCUT2D eigenvalue weighted by molar-refractivity contribution is 9.10. The van der Waals surface area contributed by atoms with Gasteiger partial charge in [-0.05, 0) is 48.8 Å². The summed E-state index contributed by atoms with van der Waals surface area (Å²) in [6, 6.07) is 3.31. The minimum Gasteiger partial charge on any atom is -0.493 e. The summed E-state index contributed by atoms with van der Waals surface area (Å²) < 4.78 is 11.5. The average Bonchev–Trinajstić information content (AvgIpc) is 2.34. The lowest BCUT2D eigenvalue weighted by Gasteiger charge is -2.11. The third-order valence-corrected chi connectivity index (χ3v) is 2.73. The van der Waals surface area contributed by atoms with E-state index in [1.54, 1.807) is 12.1 Å². The molecule has 0 bridgehead atoms. The third kappa shape index (κ3) is 4.96. The standard InChI is InChI=1S/C15H17BrO3/c1-15(2,3)6-5-7-19-14-12(16)8-11(10-17)9-13(14)18-4/h8-10H,7H2,1-4H3. The van der Waals surface area contributed by atoms with Crippen molar-refractivity contribution in [2.45, 2.75) is 20.8 Å². The molecular formula is C15H17BrO3. The molecule has 0 aliphatic heterocycles. The molecule has 0 unspecified atom stereocenters. The molecule has 4 heteroatoms. The van der Waals surface area contributed by atoms with Crippen molar-refractivity contribution in [3.8, 4) is 23.3 Å². The molecule has 0 atom stereocenters. The van der Waals surface area contributed by atoms with E-state index in [-0.39, 0.29) is 12.0 Å². The van der Waals surface area contributed by atoms with Crippen LogP contribution in [-0.2, 0) is 0 Å². The summed E-state index contributed by atoms with van der Waals surface area (Å²) in [7, 11) is 1.53. The Hall–Kier alpha value is -1.47. The van der Waals surface area contributed by atoms with Gasteiger partial charge in [0.05, 0.1) is 11.6 Å². The van der Waals surface area contributed by atoms with E-state index in [0.29, 0.717) is 21.5 Å². The SMILES string of the molecule is COc1cc(C=O)cc(Br)c1OCC#CC(C)(C)C. The first-order valence-corrected chi connectivity index (χ1v) is 6.62. The third-order valence-electron chi connectivity index (χ3n) is 2.14. The number of halogens is 1. The summed E-state index contributed by atoms with van der Waals surface area (Å²) in [6.07, 6.45) is 0.760. The maximum atomic E-state index is 10.8. The van der Waals surface area contributed by atoms with Crippen LogP contribution >= 0.6 is 15.9 Å². The molecule has 0 heterocycles. The minimum absolute atomic E-state index is 0.0495. The van der Waals surface area contributed by atoms with Gasteiger partial charge in [0.15, 0.2) is 11.5 Å². The second-order valence-electron chi connectivity index (χ2n) is 4.99. The molecule has 1 rings (SSSR count). The maximum Gasteiger partial charge on any atom is 0.176 e. The lowest BCUT2D eigenvalue weighted by Crippen LogP contribution is -2.03. The largest absolute Gasteiger partial charge is 0.493 e. The Morgan fingerprint density at radius 1 is 1.37 bits per heavy atom. The monoisotopic (exact) mass is 324 g/mol. The van der Waals surface area contributed by atoms with Gasteiger partial charge in [0, 0.05) is 11.0 Å². The highest BCUT2D eigenvalue weighted by Crippen LogP contribution is 2.36. The summed E-state index contributed by atoms with van der Waals surface area (Å²) in [5.41, 5.74) is 0.475. The molecule has 0 aliphatic carbocycles. The number of carbonyl (C=O) groups is 1. The Labute approximate surface area is 122 Å². The Morgan fingerprint density at radius 2 is 2.05 bits per heavy atom. The summed E-state index contributed by atoms with van der Waals surface area (Å²) >= 11 is 3.36. The van der Waals surface area contributed by atoms with Crippen molar-refractivity contribution in [3.63, 3.8) is 0 Å². The molecule has 0 fully saturated rings. The van der Waals surface area contributed by atoms with Crippen LogP contribution in [0.15, 0.2) is 16.6 Å². The van der Waals surface area contributed by atoms with Gasteiger partial charge in [0.2, 0.25) is 0 Å². The molecule has 0 aromatic heterocycles. The molecule has 3 nitrogen and oxygen atoms in total. The van der Waals surface area contributed by atoms with E-state index in [0.717, 1.165) is 6.29 Å². The molecule has 0 aliphatic rings. The fraction of sp³-hybridized carbons (Fsp3) is 0.400. The van der Waals surface area contributed by atoms with Crippen LogP contribution in [0.5, 0.6) is 11.5 Å². The summed E-state index contributed by atoms with van der Waals surface area (Å²) in [5, 5.41) is 0. The lowest BCUT2D eigenvalue weighted by atomic mass is 9.98. The molecule has 1 aromatic rings. The predicted octanol–water partition coefficient (Wildman–Crippen LogP) is 3.70. The van der Waals surface area contributed by atoms with Gasteiger partial charge in [-0.1, -0.05) is 11.8 Å². The average molecular weight is 325 g/mol. The number of methoxy groups -OCH3 is 1. The van der Waals surface area contributed by atoms with Gasteiger partial charge < -0.3 is 9.47 Å². The summed E-state index contributed by atoms with van der Waals surface area (Å²) in [5.74, 6) is 7.11. The van der Waals surface area contributed by atoms with Crippen molar-refractivity contribution in [1.82, 2.24) is 0 Å². The van der Waals surface area contributed by atoms with Crippen LogP contribution in [0, 0.1) is 17.3 Å². The second kappa shape index (κ2) is 6.63. The number of ether oxygens (including phenoxy) is 2. The van der Waals surface area contributed by atoms with E-state index < -0.39 is 0 Å². The number of hydrogen-bond donors (Lipinski definition) is 0. The molecule has 1 aromatic carbocycles. The van der Waals surface area contributed by atoms with Crippen molar-refractivity contribution in [2.75, 3.05) is 13.7 Å². The fourth-order valence-electron chi connectivity index (χ4n) is 1.36. The molecule has 102 valence electrons. The van der Waals surface area contributed by atoms with E-state index in [9.17, 15) is 4.79 Å². The predicted molar refractivity (Wildman–Crippen MR) is 78.8 cm³/mol. The zero-order valence-corrected chi connectivity index (χ0v) is 13.1. The van der Waals surface area contributed by atoms with E-state index >= 15 is 0 Å². The zero-order valence-electron chi connectivity index (χ0n) is 11.5. The number of aldehydes is 1. The molecular weight excluding hydrogens is 308 g/mol. The summed E-state index contributed by atoms with van der Waals surface area (Å²) in [4.78, 5) is 10.8. The lowest BCUT2D eigenvalue weighted by molar-refractivity contribution is 0.112. The highest BCUT2D eigenvalue weighted by Gasteiger charge is 2.11. The van der Waals surface area contributed by atoms with Crippen molar-refractivity contribution < 1.29 is 14.3 Å². The van der Waals surface area contributed by atoms with Crippen LogP contribution in [0.25, 0.3) is 0 Å². The van der Waals surface area contributed by atoms with Gasteiger partial charge in [-0.15, -0.1) is 0 Å². The number of benzene rings is 1. The normalized spacial score (nSPS) is 10.4. The van der Waals surface area contributed by atoms with Gasteiger partial charge in [0.25, 0.3) is 0 Å². The van der Waals surface area contributed by atoms with Crippen LogP contribution < -0.4 is 9.47 Å². The molecule has 0 saturated carbocycles. The van der Waals surface area contributed by atoms with E-state index in [4.69, 9.17) is 9.47 Å². The molecule has 0 spiro atoms. The molecule has 0 amide bonds. The smallest absolute Gasteiger partial charge is 0.176 e. The van der Waals surface area contributed by atoms with Crippen LogP contribution in [0.2, 0.25) is 0 Å². The number of hydrogen-bond acceptors (Lipinski definition) is 3. The van der Waals surface area contributed by atoms with Crippen LogP contribution in [0.3, 0.4) is 0 Å². The first-order chi connectivity index (χ1) is 8.87. The van der Waals surface area contributed by atoms with Gasteiger partial charge in [-0.25, -0.2) is 0 Å². The van der Waals surface area contributed by atoms with E-state index in [2.05, 4.69) is 27.8 Å². The molecule has 0 radical (unpaired) electrons. The van der Waals surface area contributed by atoms with Gasteiger partial charge in [-0.3, -0.25) is 4.79 Å². The molecule has 0 N–H and O–H groups in total. The van der Waals surface area contributed by atoms with Crippen molar-refractivity contribution in [3.05, 3.63) is 22.2 Å². The maximum absolute atomic E-state index is 10.8. The molecule has 0 saturated heterocycles.